The number of aromatic amines is 1. The third-order valence-electron chi connectivity index (χ3n) is 3.76. The molecule has 1 aromatic carbocycles. The first-order chi connectivity index (χ1) is 12.0. The van der Waals surface area contributed by atoms with Crippen LogP contribution in [0.5, 0.6) is 0 Å². The molecule has 0 bridgehead atoms. The number of nitrogens with zero attached hydrogens (tertiary/aromatic N) is 2. The molecule has 0 saturated carbocycles. The average Bonchev–Trinajstić information content (AvgIpc) is 2.94. The van der Waals surface area contributed by atoms with Crippen molar-refractivity contribution in [2.75, 3.05) is 6.61 Å². The Morgan fingerprint density at radius 2 is 2.20 bits per heavy atom. The summed E-state index contributed by atoms with van der Waals surface area (Å²) in [5.74, 6) is -0.400. The van der Waals surface area contributed by atoms with Gasteiger partial charge in [-0.1, -0.05) is 57.3 Å². The van der Waals surface area contributed by atoms with Gasteiger partial charge in [-0.15, -0.1) is 0 Å². The highest BCUT2D eigenvalue weighted by molar-refractivity contribution is 9.24. The molecule has 0 spiro atoms. The van der Waals surface area contributed by atoms with Gasteiger partial charge in [0, 0.05) is 11.1 Å². The van der Waals surface area contributed by atoms with Crippen LogP contribution in [0, 0.1) is 0 Å². The van der Waals surface area contributed by atoms with E-state index in [0.717, 1.165) is 35.0 Å². The molecular weight excluding hydrogens is 518 g/mol. The molecule has 0 saturated heterocycles. The number of para-hydroxylation sites is 1. The van der Waals surface area contributed by atoms with Crippen molar-refractivity contribution in [3.63, 3.8) is 0 Å². The van der Waals surface area contributed by atoms with Crippen molar-refractivity contribution >= 4 is 74.7 Å². The summed E-state index contributed by atoms with van der Waals surface area (Å²) in [4.78, 5) is 15.8. The van der Waals surface area contributed by atoms with Crippen LogP contribution in [0.15, 0.2) is 30.5 Å². The summed E-state index contributed by atoms with van der Waals surface area (Å²) in [6.45, 7) is 2.45. The molecule has 5 nitrogen and oxygen atoms in total. The summed E-state index contributed by atoms with van der Waals surface area (Å²) >= 11 is 10.4. The van der Waals surface area contributed by atoms with E-state index in [9.17, 15) is 4.79 Å². The molecule has 0 fully saturated rings. The van der Waals surface area contributed by atoms with E-state index >= 15 is 0 Å². The first-order valence-corrected chi connectivity index (χ1v) is 10.5. The molecule has 0 aliphatic heterocycles. The van der Waals surface area contributed by atoms with Crippen LogP contribution in [-0.4, -0.2) is 27.2 Å². The zero-order chi connectivity index (χ0) is 18.0. The Kier molecular flexibility index (Phi) is 6.01. The van der Waals surface area contributed by atoms with E-state index in [-0.39, 0.29) is 3.74 Å². The second-order valence-corrected chi connectivity index (χ2v) is 9.37. The number of alkyl halides is 2. The zero-order valence-electron chi connectivity index (χ0n) is 13.4. The van der Waals surface area contributed by atoms with Crippen LogP contribution in [0.25, 0.3) is 20.9 Å². The predicted molar refractivity (Wildman–Crippen MR) is 110 cm³/mol. The van der Waals surface area contributed by atoms with Crippen molar-refractivity contribution in [2.24, 2.45) is 0 Å². The number of halogens is 3. The number of hydrogen-bond donors (Lipinski definition) is 1. The molecule has 8 heteroatoms. The van der Waals surface area contributed by atoms with Gasteiger partial charge in [0.05, 0.1) is 29.2 Å². The SMILES string of the molecule is CCCCOC(=O)/C(Br)=c1/cc(C(Br)Br)[nH]c2cccc3cnn1c32. The number of nitrogens with one attached hydrogen (secondary N) is 1. The summed E-state index contributed by atoms with van der Waals surface area (Å²) in [6, 6.07) is 7.80. The Balaban J connectivity index is 2.30. The minimum atomic E-state index is -0.400. The number of aromatic nitrogens is 3. The lowest BCUT2D eigenvalue weighted by Crippen LogP contribution is -2.20. The first-order valence-electron chi connectivity index (χ1n) is 7.83. The standard InChI is InChI=1S/C17H16Br3N3O2/c1-2-3-7-25-17(24)14(18)13-8-12(16(19)20)22-11-6-4-5-10-9-21-23(13)15(10)11/h4-6,8-9,16,22H,2-3,7H2,1H3/b14-13+. The predicted octanol–water partition coefficient (Wildman–Crippen LogP) is 4.73. The van der Waals surface area contributed by atoms with Crippen LogP contribution in [-0.2, 0) is 9.53 Å². The molecule has 132 valence electrons. The maximum absolute atomic E-state index is 12.4. The summed E-state index contributed by atoms with van der Waals surface area (Å²) in [5, 5.41) is 6.07. The smallest absolute Gasteiger partial charge is 0.347 e. The highest BCUT2D eigenvalue weighted by Crippen LogP contribution is 2.28. The molecule has 2 heterocycles. The lowest BCUT2D eigenvalue weighted by atomic mass is 10.2. The lowest BCUT2D eigenvalue weighted by Gasteiger charge is -2.03. The summed E-state index contributed by atoms with van der Waals surface area (Å²) in [6.07, 6.45) is 3.59. The highest BCUT2D eigenvalue weighted by atomic mass is 79.9. The van der Waals surface area contributed by atoms with E-state index in [4.69, 9.17) is 4.74 Å². The van der Waals surface area contributed by atoms with E-state index < -0.39 is 5.97 Å². The van der Waals surface area contributed by atoms with E-state index in [2.05, 4.69) is 64.8 Å². The number of unbranched alkanes of at least 4 members (excludes halogenated alkanes) is 1. The third kappa shape index (κ3) is 3.85. The Hall–Kier alpha value is -1.12. The maximum Gasteiger partial charge on any atom is 0.347 e. The number of H-pyrrole nitrogens is 1. The molecule has 1 N–H and O–H groups in total. The van der Waals surface area contributed by atoms with Crippen LogP contribution in [0.1, 0.15) is 29.2 Å². The van der Waals surface area contributed by atoms with Crippen LogP contribution < -0.4 is 5.35 Å². The Labute approximate surface area is 169 Å². The monoisotopic (exact) mass is 531 g/mol. The maximum atomic E-state index is 12.4. The fourth-order valence-corrected chi connectivity index (χ4v) is 3.40. The molecule has 0 amide bonds. The molecule has 0 atom stereocenters. The number of ether oxygens (including phenoxy) is 1. The Morgan fingerprint density at radius 1 is 1.40 bits per heavy atom. The van der Waals surface area contributed by atoms with Gasteiger partial charge in [-0.3, -0.25) is 0 Å². The quantitative estimate of drug-likeness (QED) is 0.293. The number of benzene rings is 1. The normalized spacial score (nSPS) is 12.8. The molecule has 25 heavy (non-hydrogen) atoms. The molecule has 3 rings (SSSR count). The van der Waals surface area contributed by atoms with Crippen molar-refractivity contribution in [3.05, 3.63) is 41.5 Å². The van der Waals surface area contributed by atoms with Crippen LogP contribution in [0.3, 0.4) is 0 Å². The van der Waals surface area contributed by atoms with Crippen molar-refractivity contribution in [1.82, 2.24) is 14.6 Å². The first kappa shape index (κ1) is 18.7. The van der Waals surface area contributed by atoms with Crippen LogP contribution >= 0.6 is 47.8 Å². The minimum Gasteiger partial charge on any atom is -0.462 e. The van der Waals surface area contributed by atoms with E-state index in [1.165, 1.54) is 0 Å². The van der Waals surface area contributed by atoms with Gasteiger partial charge in [-0.05, 0) is 34.5 Å². The van der Waals surface area contributed by atoms with Crippen molar-refractivity contribution in [1.29, 1.82) is 0 Å². The fraction of sp³-hybridized carbons (Fsp3) is 0.294. The third-order valence-corrected chi connectivity index (χ3v) is 5.48. The van der Waals surface area contributed by atoms with Crippen molar-refractivity contribution < 1.29 is 9.53 Å². The molecule has 0 radical (unpaired) electrons. The fourth-order valence-electron chi connectivity index (χ4n) is 2.51. The highest BCUT2D eigenvalue weighted by Gasteiger charge is 2.15. The number of hydrogen-bond acceptors (Lipinski definition) is 3. The van der Waals surface area contributed by atoms with E-state index in [0.29, 0.717) is 16.4 Å². The molecule has 0 unspecified atom stereocenters. The second-order valence-electron chi connectivity index (χ2n) is 5.51. The van der Waals surface area contributed by atoms with Crippen LogP contribution in [0.4, 0.5) is 0 Å². The summed E-state index contributed by atoms with van der Waals surface area (Å²) in [7, 11) is 0. The number of carbonyl (C=O) groups excluding carboxylic acids is 1. The van der Waals surface area contributed by atoms with Gasteiger partial charge in [-0.25, -0.2) is 9.31 Å². The van der Waals surface area contributed by atoms with Crippen molar-refractivity contribution in [3.8, 4) is 0 Å². The van der Waals surface area contributed by atoms with Gasteiger partial charge in [0.1, 0.15) is 8.22 Å². The van der Waals surface area contributed by atoms with Gasteiger partial charge in [-0.2, -0.15) is 5.10 Å². The van der Waals surface area contributed by atoms with Gasteiger partial charge < -0.3 is 9.72 Å². The molecule has 0 aliphatic carbocycles. The second kappa shape index (κ2) is 8.05. The van der Waals surface area contributed by atoms with Gasteiger partial charge in [0.2, 0.25) is 0 Å². The zero-order valence-corrected chi connectivity index (χ0v) is 18.2. The summed E-state index contributed by atoms with van der Waals surface area (Å²) in [5.41, 5.74) is 2.67. The van der Waals surface area contributed by atoms with E-state index in [1.807, 2.05) is 24.3 Å². The Bertz CT molecular complexity index is 992. The largest absolute Gasteiger partial charge is 0.462 e. The number of esters is 1. The lowest BCUT2D eigenvalue weighted by molar-refractivity contribution is -0.136. The minimum absolute atomic E-state index is 0.105. The molecule has 0 aliphatic rings. The topological polar surface area (TPSA) is 59.4 Å². The molecule has 2 aromatic heterocycles. The van der Waals surface area contributed by atoms with Crippen LogP contribution in [0.2, 0.25) is 0 Å². The molecule has 3 aromatic rings. The average molecular weight is 534 g/mol. The number of rotatable bonds is 5. The number of carbonyl (C=O) groups is 1. The molecular formula is C17H16Br3N3O2. The van der Waals surface area contributed by atoms with Gasteiger partial charge in [0.25, 0.3) is 0 Å². The summed E-state index contributed by atoms with van der Waals surface area (Å²) < 4.78 is 7.32. The van der Waals surface area contributed by atoms with Gasteiger partial charge >= 0.3 is 5.97 Å². The van der Waals surface area contributed by atoms with Crippen molar-refractivity contribution in [2.45, 2.75) is 23.5 Å². The van der Waals surface area contributed by atoms with Gasteiger partial charge in [0.15, 0.2) is 0 Å². The Morgan fingerprint density at radius 3 is 2.92 bits per heavy atom. The van der Waals surface area contributed by atoms with E-state index in [1.54, 1.807) is 10.7 Å².